The minimum absolute atomic E-state index is 1.06. The van der Waals surface area contributed by atoms with Crippen LogP contribution in [0.4, 0.5) is 0 Å². The Bertz CT molecular complexity index is 1380. The lowest BCUT2D eigenvalue weighted by atomic mass is 9.90. The van der Waals surface area contributed by atoms with Gasteiger partial charge in [0.1, 0.15) is 0 Å². The molecule has 0 heterocycles. The van der Waals surface area contributed by atoms with Gasteiger partial charge in [0.25, 0.3) is 0 Å². The molecule has 7 rings (SSSR count). The lowest BCUT2D eigenvalue weighted by molar-refractivity contribution is 1.18. The largest absolute Gasteiger partial charge is 0.0801 e. The Balaban J connectivity index is 1.72. The van der Waals surface area contributed by atoms with Crippen LogP contribution in [0.15, 0.2) is 72.3 Å². The van der Waals surface area contributed by atoms with Crippen LogP contribution in [0.25, 0.3) is 33.9 Å². The monoisotopic (exact) mass is 342 g/mol. The molecule has 0 heteroatoms. The zero-order valence-electron chi connectivity index (χ0n) is 15.0. The second kappa shape index (κ2) is 4.78. The minimum atomic E-state index is 1.06. The Hall–Kier alpha value is -3.12. The van der Waals surface area contributed by atoms with E-state index in [9.17, 15) is 0 Å². The third-order valence-corrected chi connectivity index (χ3v) is 6.74. The van der Waals surface area contributed by atoms with E-state index < -0.39 is 0 Å². The average Bonchev–Trinajstić information content (AvgIpc) is 3.38. The predicted octanol–water partition coefficient (Wildman–Crippen LogP) is 4.66. The van der Waals surface area contributed by atoms with Gasteiger partial charge in [0, 0.05) is 0 Å². The van der Waals surface area contributed by atoms with E-state index >= 15 is 0 Å². The van der Waals surface area contributed by atoms with Crippen molar-refractivity contribution < 1.29 is 0 Å². The van der Waals surface area contributed by atoms with Crippen molar-refractivity contribution in [3.8, 4) is 22.3 Å². The molecular formula is C27H18. The summed E-state index contributed by atoms with van der Waals surface area (Å²) in [5.74, 6) is 0. The Labute approximate surface area is 158 Å². The normalized spacial score (nSPS) is 16.7. The molecule has 0 N–H and O–H groups in total. The van der Waals surface area contributed by atoms with E-state index in [4.69, 9.17) is 0 Å². The van der Waals surface area contributed by atoms with E-state index in [0.717, 1.165) is 19.3 Å². The fourth-order valence-electron chi connectivity index (χ4n) is 5.66. The van der Waals surface area contributed by atoms with Gasteiger partial charge in [0.05, 0.1) is 0 Å². The summed E-state index contributed by atoms with van der Waals surface area (Å²) >= 11 is 0. The average molecular weight is 342 g/mol. The summed E-state index contributed by atoms with van der Waals surface area (Å²) in [7, 11) is 0. The van der Waals surface area contributed by atoms with Gasteiger partial charge in [-0.2, -0.15) is 0 Å². The smallest absolute Gasteiger partial charge is 0.000695 e. The Morgan fingerprint density at radius 2 is 1.37 bits per heavy atom. The summed E-state index contributed by atoms with van der Waals surface area (Å²) in [5.41, 5.74) is 15.0. The summed E-state index contributed by atoms with van der Waals surface area (Å²) in [6.07, 6.45) is 12.5. The van der Waals surface area contributed by atoms with Gasteiger partial charge in [-0.1, -0.05) is 66.8 Å². The van der Waals surface area contributed by atoms with Gasteiger partial charge in [-0.3, -0.25) is 0 Å². The summed E-state index contributed by atoms with van der Waals surface area (Å²) < 4.78 is 0. The standard InChI is InChI=1S/C27H18/c1-4-10-19-16(7-1)13-22-23-14-17-8-2-5-11-20(17)26(23)27-21-12-6-3-9-18(21)15-24(27)25(19)22/h1-9,11-13H,10,14-15H2. The highest BCUT2D eigenvalue weighted by Gasteiger charge is 2.32. The molecule has 126 valence electrons. The van der Waals surface area contributed by atoms with E-state index in [2.05, 4.69) is 72.8 Å². The SMILES string of the molecule is C1=CCC2=c3c4c(c5c(c3=CC2=C1)Cc1ccccc1-5)-c1ccccc1C4. The lowest BCUT2D eigenvalue weighted by Gasteiger charge is -2.13. The van der Waals surface area contributed by atoms with Gasteiger partial charge in [0.15, 0.2) is 0 Å². The first kappa shape index (κ1) is 14.0. The van der Waals surface area contributed by atoms with Gasteiger partial charge in [-0.15, -0.1) is 0 Å². The molecule has 0 saturated heterocycles. The molecule has 0 spiro atoms. The molecule has 0 saturated carbocycles. The van der Waals surface area contributed by atoms with E-state index in [1.807, 2.05) is 0 Å². The van der Waals surface area contributed by atoms with Crippen molar-refractivity contribution in [3.05, 3.63) is 105 Å². The summed E-state index contributed by atoms with van der Waals surface area (Å²) in [5, 5.41) is 3.04. The molecule has 0 radical (unpaired) electrons. The molecule has 4 aliphatic rings. The van der Waals surface area contributed by atoms with Crippen molar-refractivity contribution in [3.63, 3.8) is 0 Å². The molecule has 0 atom stereocenters. The molecule has 0 unspecified atom stereocenters. The molecule has 4 aliphatic carbocycles. The number of hydrogen-bond acceptors (Lipinski definition) is 0. The van der Waals surface area contributed by atoms with Crippen LogP contribution in [0.2, 0.25) is 0 Å². The van der Waals surface area contributed by atoms with Crippen molar-refractivity contribution in [1.29, 1.82) is 0 Å². The van der Waals surface area contributed by atoms with Crippen LogP contribution >= 0.6 is 0 Å². The van der Waals surface area contributed by atoms with E-state index in [1.54, 1.807) is 16.3 Å². The van der Waals surface area contributed by atoms with Crippen molar-refractivity contribution >= 4 is 11.6 Å². The topological polar surface area (TPSA) is 0 Å². The number of allylic oxidation sites excluding steroid dienone is 4. The van der Waals surface area contributed by atoms with Crippen LogP contribution in [0.5, 0.6) is 0 Å². The first-order chi connectivity index (χ1) is 13.4. The van der Waals surface area contributed by atoms with Gasteiger partial charge in [-0.25, -0.2) is 0 Å². The fourth-order valence-corrected chi connectivity index (χ4v) is 5.66. The maximum absolute atomic E-state index is 2.46. The first-order valence-corrected chi connectivity index (χ1v) is 9.86. The maximum Gasteiger partial charge on any atom is -0.000695 e. The second-order valence-corrected chi connectivity index (χ2v) is 8.04. The van der Waals surface area contributed by atoms with Crippen LogP contribution in [0.1, 0.15) is 28.7 Å². The number of fused-ring (bicyclic) bond motifs is 11. The maximum atomic E-state index is 2.46. The molecule has 0 aromatic heterocycles. The molecule has 0 fully saturated rings. The minimum Gasteiger partial charge on any atom is -0.0801 e. The number of hydrogen-bond donors (Lipinski definition) is 0. The second-order valence-electron chi connectivity index (χ2n) is 8.04. The summed E-state index contributed by atoms with van der Waals surface area (Å²) in [6, 6.07) is 18.0. The van der Waals surface area contributed by atoms with E-state index in [0.29, 0.717) is 0 Å². The van der Waals surface area contributed by atoms with Crippen LogP contribution in [0, 0.1) is 0 Å². The molecule has 0 bridgehead atoms. The quantitative estimate of drug-likeness (QED) is 0.384. The first-order valence-electron chi connectivity index (χ1n) is 9.86. The van der Waals surface area contributed by atoms with Crippen molar-refractivity contribution in [2.75, 3.05) is 0 Å². The van der Waals surface area contributed by atoms with Gasteiger partial charge in [-0.05, 0) is 91.4 Å². The number of rotatable bonds is 0. The zero-order chi connectivity index (χ0) is 17.5. The van der Waals surface area contributed by atoms with Crippen LogP contribution < -0.4 is 10.4 Å². The Morgan fingerprint density at radius 3 is 2.15 bits per heavy atom. The summed E-state index contributed by atoms with van der Waals surface area (Å²) in [6.45, 7) is 0. The Kier molecular flexibility index (Phi) is 2.48. The van der Waals surface area contributed by atoms with Crippen LogP contribution in [-0.4, -0.2) is 0 Å². The van der Waals surface area contributed by atoms with Crippen molar-refractivity contribution in [2.45, 2.75) is 19.3 Å². The van der Waals surface area contributed by atoms with Crippen molar-refractivity contribution in [1.82, 2.24) is 0 Å². The molecule has 3 aromatic carbocycles. The number of benzene rings is 3. The predicted molar refractivity (Wildman–Crippen MR) is 112 cm³/mol. The lowest BCUT2D eigenvalue weighted by Crippen LogP contribution is -2.31. The van der Waals surface area contributed by atoms with Gasteiger partial charge in [0.2, 0.25) is 0 Å². The highest BCUT2D eigenvalue weighted by atomic mass is 14.4. The fraction of sp³-hybridized carbons (Fsp3) is 0.111. The molecule has 27 heavy (non-hydrogen) atoms. The van der Waals surface area contributed by atoms with E-state index in [-0.39, 0.29) is 0 Å². The van der Waals surface area contributed by atoms with Gasteiger partial charge < -0.3 is 0 Å². The molecular weight excluding hydrogens is 324 g/mol. The molecule has 0 nitrogen and oxygen atoms in total. The highest BCUT2D eigenvalue weighted by Crippen LogP contribution is 2.47. The van der Waals surface area contributed by atoms with Crippen LogP contribution in [0.3, 0.4) is 0 Å². The molecule has 0 aliphatic heterocycles. The zero-order valence-corrected chi connectivity index (χ0v) is 15.0. The third-order valence-electron chi connectivity index (χ3n) is 6.74. The third kappa shape index (κ3) is 1.64. The van der Waals surface area contributed by atoms with Gasteiger partial charge >= 0.3 is 0 Å². The summed E-state index contributed by atoms with van der Waals surface area (Å²) in [4.78, 5) is 0. The van der Waals surface area contributed by atoms with E-state index in [1.165, 1.54) is 49.7 Å². The highest BCUT2D eigenvalue weighted by molar-refractivity contribution is 5.98. The van der Waals surface area contributed by atoms with Crippen LogP contribution in [-0.2, 0) is 12.8 Å². The Morgan fingerprint density at radius 1 is 0.704 bits per heavy atom. The molecule has 0 amide bonds. The molecule has 3 aromatic rings. The van der Waals surface area contributed by atoms with Crippen molar-refractivity contribution in [2.24, 2.45) is 0 Å².